The van der Waals surface area contributed by atoms with Crippen LogP contribution in [0.4, 0.5) is 13.2 Å². The summed E-state index contributed by atoms with van der Waals surface area (Å²) in [6.07, 6.45) is -3.32. The number of aromatic nitrogens is 1. The second kappa shape index (κ2) is 7.29. The van der Waals surface area contributed by atoms with E-state index in [1.165, 1.54) is 12.1 Å². The number of carboxylic acid groups (broad SMARTS) is 1. The van der Waals surface area contributed by atoms with E-state index >= 15 is 0 Å². The highest BCUT2D eigenvalue weighted by Crippen LogP contribution is 2.33. The molecule has 0 aliphatic rings. The van der Waals surface area contributed by atoms with Gasteiger partial charge in [-0.25, -0.2) is 9.78 Å². The van der Waals surface area contributed by atoms with Gasteiger partial charge in [0.05, 0.1) is 11.3 Å². The molecule has 1 N–H and O–H groups in total. The van der Waals surface area contributed by atoms with Gasteiger partial charge in [0.2, 0.25) is 0 Å². The van der Waals surface area contributed by atoms with Gasteiger partial charge in [-0.3, -0.25) is 0 Å². The Morgan fingerprint density at radius 3 is 2.23 bits per heavy atom. The molecule has 0 aliphatic heterocycles. The van der Waals surface area contributed by atoms with Gasteiger partial charge in [0, 0.05) is 5.56 Å². The summed E-state index contributed by atoms with van der Waals surface area (Å²) in [5, 5.41) is 9.80. The molecule has 3 nitrogen and oxygen atoms in total. The molecule has 0 radical (unpaired) electrons. The average molecular weight is 377 g/mol. The van der Waals surface area contributed by atoms with Crippen LogP contribution >= 0.6 is 11.3 Å². The minimum Gasteiger partial charge on any atom is -0.477 e. The average Bonchev–Trinajstić information content (AvgIpc) is 3.05. The molecule has 3 aromatic rings. The van der Waals surface area contributed by atoms with Crippen molar-refractivity contribution < 1.29 is 23.1 Å². The van der Waals surface area contributed by atoms with Crippen molar-refractivity contribution in [2.45, 2.75) is 19.0 Å². The molecule has 0 saturated heterocycles. The number of hydrogen-bond donors (Lipinski definition) is 1. The monoisotopic (exact) mass is 377 g/mol. The van der Waals surface area contributed by atoms with Gasteiger partial charge in [-0.15, -0.1) is 11.3 Å². The lowest BCUT2D eigenvalue weighted by atomic mass is 10.1. The summed E-state index contributed by atoms with van der Waals surface area (Å²) in [5.41, 5.74) is 1.23. The Bertz CT molecular complexity index is 903. The van der Waals surface area contributed by atoms with Gasteiger partial charge < -0.3 is 5.11 Å². The Morgan fingerprint density at radius 1 is 1.00 bits per heavy atom. The first-order chi connectivity index (χ1) is 12.3. The highest BCUT2D eigenvalue weighted by molar-refractivity contribution is 7.17. The van der Waals surface area contributed by atoms with Crippen LogP contribution in [0.15, 0.2) is 54.6 Å². The van der Waals surface area contributed by atoms with Crippen molar-refractivity contribution in [2.24, 2.45) is 0 Å². The quantitative estimate of drug-likeness (QED) is 0.655. The molecule has 7 heteroatoms. The fourth-order valence-electron chi connectivity index (χ4n) is 2.52. The number of halogens is 3. The first-order valence-electron chi connectivity index (χ1n) is 7.79. The molecule has 0 amide bonds. The fourth-order valence-corrected chi connectivity index (χ4v) is 3.48. The van der Waals surface area contributed by atoms with E-state index in [1.54, 1.807) is 0 Å². The largest absolute Gasteiger partial charge is 0.477 e. The van der Waals surface area contributed by atoms with E-state index in [-0.39, 0.29) is 4.88 Å². The predicted molar refractivity (Wildman–Crippen MR) is 93.4 cm³/mol. The minimum atomic E-state index is -4.41. The number of aromatic carboxylic acids is 1. The Balaban J connectivity index is 1.86. The number of rotatable bonds is 5. The lowest BCUT2D eigenvalue weighted by Crippen LogP contribution is -2.03. The number of aryl methyl sites for hydroxylation is 2. The van der Waals surface area contributed by atoms with Crippen molar-refractivity contribution in [3.63, 3.8) is 0 Å². The van der Waals surface area contributed by atoms with Crippen molar-refractivity contribution in [3.05, 3.63) is 76.3 Å². The standard InChI is InChI=1S/C19H14F3NO2S/c20-19(21,22)14-9-7-13(8-10-14)17-23-15(16(26-17)18(24)25)11-6-12-4-2-1-3-5-12/h1-5,7-10H,6,11H2,(H,24,25). The Kier molecular flexibility index (Phi) is 5.08. The highest BCUT2D eigenvalue weighted by Gasteiger charge is 2.30. The third kappa shape index (κ3) is 4.11. The maximum absolute atomic E-state index is 12.7. The number of hydrogen-bond acceptors (Lipinski definition) is 3. The fraction of sp³-hybridized carbons (Fsp3) is 0.158. The molecule has 0 bridgehead atoms. The van der Waals surface area contributed by atoms with E-state index in [4.69, 9.17) is 0 Å². The second-order valence-electron chi connectivity index (χ2n) is 5.66. The predicted octanol–water partition coefficient (Wildman–Crippen LogP) is 5.31. The zero-order chi connectivity index (χ0) is 18.7. The zero-order valence-corrected chi connectivity index (χ0v) is 14.3. The highest BCUT2D eigenvalue weighted by atomic mass is 32.1. The van der Waals surface area contributed by atoms with Crippen LogP contribution in [-0.4, -0.2) is 16.1 Å². The van der Waals surface area contributed by atoms with Crippen molar-refractivity contribution in [1.29, 1.82) is 0 Å². The Labute approximate surface area is 151 Å². The molecule has 2 aromatic carbocycles. The Morgan fingerprint density at radius 2 is 1.65 bits per heavy atom. The lowest BCUT2D eigenvalue weighted by molar-refractivity contribution is -0.137. The van der Waals surface area contributed by atoms with Crippen LogP contribution in [0.5, 0.6) is 0 Å². The molecule has 0 unspecified atom stereocenters. The topological polar surface area (TPSA) is 50.2 Å². The van der Waals surface area contributed by atoms with Crippen LogP contribution in [0, 0.1) is 0 Å². The van der Waals surface area contributed by atoms with Crippen LogP contribution in [0.3, 0.4) is 0 Å². The van der Waals surface area contributed by atoms with E-state index < -0.39 is 17.7 Å². The van der Waals surface area contributed by atoms with Crippen molar-refractivity contribution in [1.82, 2.24) is 4.98 Å². The SMILES string of the molecule is O=C(O)c1sc(-c2ccc(C(F)(F)F)cc2)nc1CCc1ccccc1. The van der Waals surface area contributed by atoms with Crippen LogP contribution in [0.2, 0.25) is 0 Å². The zero-order valence-electron chi connectivity index (χ0n) is 13.5. The van der Waals surface area contributed by atoms with Crippen LogP contribution in [0.25, 0.3) is 10.6 Å². The molecular weight excluding hydrogens is 363 g/mol. The second-order valence-corrected chi connectivity index (χ2v) is 6.66. The summed E-state index contributed by atoms with van der Waals surface area (Å²) in [6, 6.07) is 14.2. The van der Waals surface area contributed by atoms with E-state index in [1.807, 2.05) is 30.3 Å². The maximum Gasteiger partial charge on any atom is 0.416 e. The normalized spacial score (nSPS) is 11.5. The van der Waals surface area contributed by atoms with Crippen LogP contribution in [-0.2, 0) is 19.0 Å². The molecule has 0 saturated carbocycles. The molecule has 3 rings (SSSR count). The Hall–Kier alpha value is -2.67. The van der Waals surface area contributed by atoms with Gasteiger partial charge >= 0.3 is 12.1 Å². The summed E-state index contributed by atoms with van der Waals surface area (Å²) in [7, 11) is 0. The third-order valence-corrected chi connectivity index (χ3v) is 4.98. The van der Waals surface area contributed by atoms with Gasteiger partial charge in [-0.1, -0.05) is 42.5 Å². The van der Waals surface area contributed by atoms with Gasteiger partial charge in [0.25, 0.3) is 0 Å². The lowest BCUT2D eigenvalue weighted by Gasteiger charge is -2.06. The third-order valence-electron chi connectivity index (χ3n) is 3.84. The molecule has 0 atom stereocenters. The van der Waals surface area contributed by atoms with E-state index in [0.29, 0.717) is 29.1 Å². The van der Waals surface area contributed by atoms with Crippen molar-refractivity contribution in [2.75, 3.05) is 0 Å². The van der Waals surface area contributed by atoms with Crippen LogP contribution in [0.1, 0.15) is 26.5 Å². The minimum absolute atomic E-state index is 0.121. The summed E-state index contributed by atoms with van der Waals surface area (Å²) >= 11 is 0.977. The van der Waals surface area contributed by atoms with Crippen LogP contribution < -0.4 is 0 Å². The smallest absolute Gasteiger partial charge is 0.416 e. The summed E-state index contributed by atoms with van der Waals surface area (Å²) in [6.45, 7) is 0. The van der Waals surface area contributed by atoms with Crippen molar-refractivity contribution in [3.8, 4) is 10.6 Å². The molecule has 134 valence electrons. The summed E-state index contributed by atoms with van der Waals surface area (Å²) < 4.78 is 38.0. The number of alkyl halides is 3. The molecule has 0 fully saturated rings. The van der Waals surface area contributed by atoms with Gasteiger partial charge in [0.15, 0.2) is 0 Å². The number of nitrogens with zero attached hydrogens (tertiary/aromatic N) is 1. The van der Waals surface area contributed by atoms with Gasteiger partial charge in [-0.2, -0.15) is 13.2 Å². The summed E-state index contributed by atoms with van der Waals surface area (Å²) in [5.74, 6) is -1.08. The molecule has 0 spiro atoms. The first-order valence-corrected chi connectivity index (χ1v) is 8.61. The molecule has 1 aromatic heterocycles. The van der Waals surface area contributed by atoms with E-state index in [9.17, 15) is 23.1 Å². The number of carbonyl (C=O) groups is 1. The number of thiazole rings is 1. The number of benzene rings is 2. The van der Waals surface area contributed by atoms with Crippen molar-refractivity contribution >= 4 is 17.3 Å². The first kappa shape index (κ1) is 18.1. The maximum atomic E-state index is 12.7. The van der Waals surface area contributed by atoms with Gasteiger partial charge in [0.1, 0.15) is 9.88 Å². The molecule has 26 heavy (non-hydrogen) atoms. The van der Waals surface area contributed by atoms with E-state index in [2.05, 4.69) is 4.98 Å². The van der Waals surface area contributed by atoms with E-state index in [0.717, 1.165) is 29.0 Å². The van der Waals surface area contributed by atoms with Gasteiger partial charge in [-0.05, 0) is 30.5 Å². The molecular formula is C19H14F3NO2S. The summed E-state index contributed by atoms with van der Waals surface area (Å²) in [4.78, 5) is 16.0. The number of carboxylic acids is 1. The molecule has 0 aliphatic carbocycles. The molecule has 1 heterocycles.